The number of nitrogens with two attached hydrogens (primary N) is 1. The van der Waals surface area contributed by atoms with Gasteiger partial charge in [-0.2, -0.15) is 13.2 Å². The Balaban J connectivity index is 1.42. The lowest BCUT2D eigenvalue weighted by Gasteiger charge is -2.43. The van der Waals surface area contributed by atoms with E-state index in [0.29, 0.717) is 37.7 Å². The van der Waals surface area contributed by atoms with Gasteiger partial charge in [0.25, 0.3) is 0 Å². The highest BCUT2D eigenvalue weighted by Gasteiger charge is 2.37. The molecule has 6 nitrogen and oxygen atoms in total. The van der Waals surface area contributed by atoms with Gasteiger partial charge in [0.05, 0.1) is 17.1 Å². The second-order valence-electron chi connectivity index (χ2n) is 8.75. The maximum Gasteiger partial charge on any atom is 0.434 e. The lowest BCUT2D eigenvalue weighted by atomic mass is 9.96. The number of H-pyrrole nitrogens is 1. The first-order valence-electron chi connectivity index (χ1n) is 11.2. The van der Waals surface area contributed by atoms with E-state index in [1.54, 1.807) is 6.07 Å². The minimum Gasteiger partial charge on any atom is -0.357 e. The maximum absolute atomic E-state index is 13.4. The quantitative estimate of drug-likeness (QED) is 0.487. The van der Waals surface area contributed by atoms with Crippen molar-refractivity contribution in [3.05, 3.63) is 57.3 Å². The van der Waals surface area contributed by atoms with Crippen LogP contribution in [0.25, 0.3) is 10.9 Å². The van der Waals surface area contributed by atoms with Crippen LogP contribution in [-0.4, -0.2) is 60.2 Å². The fraction of sp³-hybridized carbons (Fsp3) is 0.435. The van der Waals surface area contributed by atoms with Crippen LogP contribution in [0.15, 0.2) is 30.3 Å². The third kappa shape index (κ3) is 4.35. The zero-order chi connectivity index (χ0) is 24.0. The Morgan fingerprint density at radius 3 is 2.74 bits per heavy atom. The largest absolute Gasteiger partial charge is 0.434 e. The molecule has 0 radical (unpaired) electrons. The summed E-state index contributed by atoms with van der Waals surface area (Å²) in [4.78, 5) is 11.7. The van der Waals surface area contributed by atoms with Gasteiger partial charge in [0.1, 0.15) is 5.82 Å². The number of fused-ring (bicyclic) bond motifs is 3. The van der Waals surface area contributed by atoms with Crippen molar-refractivity contribution in [1.29, 1.82) is 0 Å². The van der Waals surface area contributed by atoms with E-state index in [1.165, 1.54) is 11.6 Å². The molecular weight excluding hydrogens is 488 g/mol. The normalized spacial score (nSPS) is 21.8. The minimum absolute atomic E-state index is 0.0254. The molecule has 1 fully saturated rings. The number of piperazine rings is 1. The second kappa shape index (κ2) is 9.20. The summed E-state index contributed by atoms with van der Waals surface area (Å²) in [5.41, 5.74) is 8.52. The summed E-state index contributed by atoms with van der Waals surface area (Å²) in [7, 11) is 0. The van der Waals surface area contributed by atoms with Gasteiger partial charge in [-0.3, -0.25) is 4.90 Å². The van der Waals surface area contributed by atoms with E-state index in [4.69, 9.17) is 28.9 Å². The number of rotatable bonds is 4. The van der Waals surface area contributed by atoms with Crippen LogP contribution < -0.4 is 16.0 Å². The predicted octanol–water partition coefficient (Wildman–Crippen LogP) is 4.22. The average Bonchev–Trinajstić information content (AvgIpc) is 3.17. The van der Waals surface area contributed by atoms with E-state index in [-0.39, 0.29) is 17.9 Å². The van der Waals surface area contributed by atoms with Crippen molar-refractivity contribution in [3.8, 4) is 0 Å². The molecule has 5 rings (SSSR count). The maximum atomic E-state index is 13.4. The van der Waals surface area contributed by atoms with Crippen molar-refractivity contribution < 1.29 is 13.2 Å². The van der Waals surface area contributed by atoms with Gasteiger partial charge in [0, 0.05) is 60.9 Å². The molecule has 2 unspecified atom stereocenters. The van der Waals surface area contributed by atoms with Crippen molar-refractivity contribution in [2.24, 2.45) is 5.73 Å². The van der Waals surface area contributed by atoms with E-state index < -0.39 is 16.9 Å². The molecule has 4 heterocycles. The Bertz CT molecular complexity index is 1200. The van der Waals surface area contributed by atoms with E-state index >= 15 is 0 Å². The van der Waals surface area contributed by atoms with Gasteiger partial charge in [0.2, 0.25) is 0 Å². The van der Waals surface area contributed by atoms with Gasteiger partial charge in [-0.15, -0.1) is 0 Å². The van der Waals surface area contributed by atoms with Crippen LogP contribution in [-0.2, 0) is 12.6 Å². The molecule has 0 amide bonds. The lowest BCUT2D eigenvalue weighted by Crippen LogP contribution is -2.57. The Kier molecular flexibility index (Phi) is 6.41. The van der Waals surface area contributed by atoms with Crippen molar-refractivity contribution in [2.45, 2.75) is 24.7 Å². The number of hydrogen-bond donors (Lipinski definition) is 3. The SMILES string of the molecule is NCC1c2[nH]c3ccc(Cl)cc3c2CCN1CC1CNCCN1c1ccc(Cl)c(C(F)(F)F)n1. The number of anilines is 1. The molecule has 2 aromatic heterocycles. The van der Waals surface area contributed by atoms with E-state index in [1.807, 2.05) is 23.1 Å². The first-order chi connectivity index (χ1) is 16.3. The second-order valence-corrected chi connectivity index (χ2v) is 9.60. The molecule has 34 heavy (non-hydrogen) atoms. The predicted molar refractivity (Wildman–Crippen MR) is 129 cm³/mol. The summed E-state index contributed by atoms with van der Waals surface area (Å²) in [6, 6.07) is 8.56. The van der Waals surface area contributed by atoms with Crippen LogP contribution in [0, 0.1) is 0 Å². The minimum atomic E-state index is -4.61. The summed E-state index contributed by atoms with van der Waals surface area (Å²) >= 11 is 12.0. The van der Waals surface area contributed by atoms with Gasteiger partial charge in [0.15, 0.2) is 5.69 Å². The Hall–Kier alpha value is -2.04. The average molecular weight is 513 g/mol. The van der Waals surface area contributed by atoms with Crippen molar-refractivity contribution in [1.82, 2.24) is 20.2 Å². The highest BCUT2D eigenvalue weighted by molar-refractivity contribution is 6.31. The smallest absolute Gasteiger partial charge is 0.357 e. The Morgan fingerprint density at radius 1 is 1.15 bits per heavy atom. The molecule has 2 aliphatic heterocycles. The number of hydrogen-bond acceptors (Lipinski definition) is 5. The van der Waals surface area contributed by atoms with Gasteiger partial charge in [-0.05, 0) is 42.3 Å². The van der Waals surface area contributed by atoms with Gasteiger partial charge >= 0.3 is 6.18 Å². The summed E-state index contributed by atoms with van der Waals surface area (Å²) in [5, 5.41) is 4.78. The van der Waals surface area contributed by atoms with Crippen LogP contribution in [0.4, 0.5) is 19.0 Å². The summed E-state index contributed by atoms with van der Waals surface area (Å²) < 4.78 is 40.2. The first-order valence-corrected chi connectivity index (χ1v) is 12.0. The Labute approximate surface area is 205 Å². The monoisotopic (exact) mass is 512 g/mol. The van der Waals surface area contributed by atoms with Gasteiger partial charge in [-0.25, -0.2) is 4.98 Å². The fourth-order valence-corrected chi connectivity index (χ4v) is 5.55. The van der Waals surface area contributed by atoms with E-state index in [9.17, 15) is 13.2 Å². The molecule has 2 aliphatic rings. The molecule has 4 N–H and O–H groups in total. The number of nitrogens with one attached hydrogen (secondary N) is 2. The summed E-state index contributed by atoms with van der Waals surface area (Å²) in [5.74, 6) is 0.283. The summed E-state index contributed by atoms with van der Waals surface area (Å²) in [6.45, 7) is 3.69. The van der Waals surface area contributed by atoms with Crippen molar-refractivity contribution >= 4 is 39.9 Å². The molecule has 1 aromatic carbocycles. The third-order valence-corrected chi connectivity index (χ3v) is 7.28. The molecule has 182 valence electrons. The molecule has 11 heteroatoms. The number of halogens is 5. The van der Waals surface area contributed by atoms with Crippen molar-refractivity contribution in [3.63, 3.8) is 0 Å². The summed E-state index contributed by atoms with van der Waals surface area (Å²) in [6.07, 6.45) is -3.77. The fourth-order valence-electron chi connectivity index (χ4n) is 5.16. The van der Waals surface area contributed by atoms with Crippen LogP contribution in [0.5, 0.6) is 0 Å². The zero-order valence-corrected chi connectivity index (χ0v) is 19.8. The molecular formula is C23H25Cl2F3N6. The first kappa shape index (κ1) is 23.7. The number of benzene rings is 1. The van der Waals surface area contributed by atoms with Gasteiger partial charge in [-0.1, -0.05) is 23.2 Å². The standard InChI is InChI=1S/C23H25Cl2F3N6/c24-13-1-3-18-16(9-13)15-5-7-33(19(10-29)21(15)31-18)12-14-11-30-6-8-34(14)20-4-2-17(25)22(32-20)23(26,27)28/h1-4,9,14,19,30-31H,5-8,10-12,29H2. The van der Waals surface area contributed by atoms with Gasteiger partial charge < -0.3 is 20.9 Å². The Morgan fingerprint density at radius 2 is 1.97 bits per heavy atom. The zero-order valence-electron chi connectivity index (χ0n) is 18.3. The number of pyridine rings is 1. The molecule has 0 saturated carbocycles. The molecule has 1 saturated heterocycles. The molecule has 0 bridgehead atoms. The third-order valence-electron chi connectivity index (χ3n) is 6.74. The van der Waals surface area contributed by atoms with Crippen LogP contribution in [0.3, 0.4) is 0 Å². The number of alkyl halides is 3. The van der Waals surface area contributed by atoms with E-state index in [0.717, 1.165) is 29.6 Å². The molecule has 2 atom stereocenters. The van der Waals surface area contributed by atoms with Crippen LogP contribution >= 0.6 is 23.2 Å². The molecule has 3 aromatic rings. The number of aromatic amines is 1. The van der Waals surface area contributed by atoms with Crippen LogP contribution in [0.2, 0.25) is 10.0 Å². The highest BCUT2D eigenvalue weighted by Crippen LogP contribution is 2.37. The van der Waals surface area contributed by atoms with Crippen molar-refractivity contribution in [2.75, 3.05) is 44.2 Å². The highest BCUT2D eigenvalue weighted by atomic mass is 35.5. The van der Waals surface area contributed by atoms with E-state index in [2.05, 4.69) is 20.2 Å². The topological polar surface area (TPSA) is 73.2 Å². The molecule has 0 aliphatic carbocycles. The lowest BCUT2D eigenvalue weighted by molar-refractivity contribution is -0.141. The number of nitrogens with zero attached hydrogens (tertiary/aromatic N) is 3. The molecule has 0 spiro atoms. The number of aromatic nitrogens is 2. The van der Waals surface area contributed by atoms with Crippen LogP contribution in [0.1, 0.15) is 23.0 Å².